The predicted molar refractivity (Wildman–Crippen MR) is 189 cm³/mol. The molecule has 278 valence electrons. The molecule has 2 N–H and O–H groups in total. The molecule has 0 aromatic heterocycles. The molecular weight excluding hydrogens is 626 g/mol. The van der Waals surface area contributed by atoms with E-state index in [0.717, 1.165) is 12.0 Å². The highest BCUT2D eigenvalue weighted by Crippen LogP contribution is 2.28. The van der Waals surface area contributed by atoms with Gasteiger partial charge < -0.3 is 30.1 Å². The van der Waals surface area contributed by atoms with Crippen molar-refractivity contribution in [1.29, 1.82) is 0 Å². The topological polar surface area (TPSA) is 145 Å². The Hall–Kier alpha value is -3.44. The van der Waals surface area contributed by atoms with Crippen LogP contribution in [-0.4, -0.2) is 108 Å². The monoisotopic (exact) mass is 689 g/mol. The number of cyclic esters (lactones) is 1. The summed E-state index contributed by atoms with van der Waals surface area (Å²) in [6, 6.07) is -3.41. The molecule has 0 spiro atoms. The average Bonchev–Trinajstić information content (AvgIpc) is 3.51. The van der Waals surface area contributed by atoms with Gasteiger partial charge in [0.25, 0.3) is 0 Å². The number of carbonyl (C=O) groups is 6. The van der Waals surface area contributed by atoms with Crippen LogP contribution in [0.4, 0.5) is 0 Å². The van der Waals surface area contributed by atoms with E-state index >= 15 is 0 Å². The molecule has 0 bridgehead atoms. The van der Waals surface area contributed by atoms with E-state index in [1.54, 1.807) is 32.7 Å². The number of hydrogen-bond acceptors (Lipinski definition) is 7. The van der Waals surface area contributed by atoms with E-state index in [0.29, 0.717) is 38.6 Å². The van der Waals surface area contributed by atoms with Crippen molar-refractivity contribution in [2.24, 2.45) is 23.2 Å². The van der Waals surface area contributed by atoms with E-state index in [1.165, 1.54) is 16.8 Å². The maximum absolute atomic E-state index is 13.8. The van der Waals surface area contributed by atoms with Gasteiger partial charge in [-0.1, -0.05) is 61.0 Å². The number of ether oxygens (including phenoxy) is 1. The van der Waals surface area contributed by atoms with Crippen LogP contribution in [-0.2, 0) is 33.5 Å². The van der Waals surface area contributed by atoms with Crippen molar-refractivity contribution in [2.45, 2.75) is 138 Å². The molecule has 49 heavy (non-hydrogen) atoms. The summed E-state index contributed by atoms with van der Waals surface area (Å²) >= 11 is 0. The van der Waals surface area contributed by atoms with E-state index < -0.39 is 65.9 Å². The number of nitrogens with zero attached hydrogens (tertiary/aromatic N) is 3. The Morgan fingerprint density at radius 3 is 2.10 bits per heavy atom. The minimum absolute atomic E-state index is 0.0739. The minimum Gasteiger partial charge on any atom is -0.456 e. The normalized spacial score (nSPS) is 29.7. The van der Waals surface area contributed by atoms with Gasteiger partial charge in [0.15, 0.2) is 0 Å². The largest absolute Gasteiger partial charge is 0.456 e. The van der Waals surface area contributed by atoms with Crippen LogP contribution in [0.3, 0.4) is 0 Å². The summed E-state index contributed by atoms with van der Waals surface area (Å²) in [5, 5.41) is 5.46. The van der Waals surface area contributed by atoms with Crippen molar-refractivity contribution in [3.63, 3.8) is 0 Å². The van der Waals surface area contributed by atoms with E-state index in [4.69, 9.17) is 4.74 Å². The molecule has 2 aliphatic heterocycles. The highest BCUT2D eigenvalue weighted by molar-refractivity contribution is 5.95. The molecule has 2 heterocycles. The van der Waals surface area contributed by atoms with Crippen molar-refractivity contribution >= 4 is 35.5 Å². The number of rotatable bonds is 3. The Morgan fingerprint density at radius 1 is 0.898 bits per heavy atom. The number of fused-ring (bicyclic) bond motifs is 1. The number of esters is 1. The lowest BCUT2D eigenvalue weighted by Crippen LogP contribution is -2.57. The van der Waals surface area contributed by atoms with Gasteiger partial charge in [0, 0.05) is 32.0 Å². The number of nitrogens with one attached hydrogen (secondary N) is 2. The zero-order valence-corrected chi connectivity index (χ0v) is 32.1. The zero-order chi connectivity index (χ0) is 37.4. The number of amides is 5. The number of likely N-dealkylation sites (N-methyl/N-ethyl adjacent to an activating group) is 2. The number of hydrogen-bond donors (Lipinski definition) is 2. The van der Waals surface area contributed by atoms with Gasteiger partial charge in [0.1, 0.15) is 30.3 Å². The fourth-order valence-corrected chi connectivity index (χ4v) is 6.27. The summed E-state index contributed by atoms with van der Waals surface area (Å²) in [5.41, 5.74) is 0.595. The highest BCUT2D eigenvalue weighted by Gasteiger charge is 2.39. The summed E-state index contributed by atoms with van der Waals surface area (Å²) in [7, 11) is 3.02. The Morgan fingerprint density at radius 2 is 1.53 bits per heavy atom. The first-order chi connectivity index (χ1) is 22.7. The minimum atomic E-state index is -0.933. The second-order valence-electron chi connectivity index (χ2n) is 15.9. The summed E-state index contributed by atoms with van der Waals surface area (Å²) in [6.45, 7) is 19.0. The summed E-state index contributed by atoms with van der Waals surface area (Å²) in [6.07, 6.45) is 5.02. The molecule has 12 heteroatoms. The summed E-state index contributed by atoms with van der Waals surface area (Å²) < 4.78 is 6.14. The smallest absolute Gasteiger partial charge is 0.329 e. The average molecular weight is 690 g/mol. The fourth-order valence-electron chi connectivity index (χ4n) is 6.27. The van der Waals surface area contributed by atoms with Crippen molar-refractivity contribution in [1.82, 2.24) is 25.3 Å². The fraction of sp³-hybridized carbons (Fsp3) is 0.784. The third-order valence-corrected chi connectivity index (χ3v) is 9.78. The molecule has 0 aromatic rings. The third kappa shape index (κ3) is 11.6. The first kappa shape index (κ1) is 41.7. The molecular formula is C37H63N5O7. The lowest BCUT2D eigenvalue weighted by molar-refractivity contribution is -0.162. The summed E-state index contributed by atoms with van der Waals surface area (Å²) in [4.78, 5) is 85.2. The second kappa shape index (κ2) is 18.0. The lowest BCUT2D eigenvalue weighted by atomic mass is 9.87. The zero-order valence-electron chi connectivity index (χ0n) is 32.1. The van der Waals surface area contributed by atoms with Crippen LogP contribution >= 0.6 is 0 Å². The predicted octanol–water partition coefficient (Wildman–Crippen LogP) is 3.68. The third-order valence-electron chi connectivity index (χ3n) is 9.78. The van der Waals surface area contributed by atoms with Crippen molar-refractivity contribution in [2.75, 3.05) is 27.2 Å². The lowest BCUT2D eigenvalue weighted by Gasteiger charge is -2.35. The first-order valence-electron chi connectivity index (χ1n) is 18.0. The van der Waals surface area contributed by atoms with Gasteiger partial charge in [-0.15, -0.1) is 0 Å². The molecule has 6 atom stereocenters. The molecule has 5 amide bonds. The highest BCUT2D eigenvalue weighted by atomic mass is 16.5. The molecule has 2 aliphatic rings. The van der Waals surface area contributed by atoms with Crippen molar-refractivity contribution < 1.29 is 33.5 Å². The van der Waals surface area contributed by atoms with Gasteiger partial charge in [-0.25, -0.2) is 4.79 Å². The van der Waals surface area contributed by atoms with Crippen molar-refractivity contribution in [3.8, 4) is 0 Å². The van der Waals surface area contributed by atoms with Gasteiger partial charge in [-0.05, 0) is 70.3 Å². The second-order valence-corrected chi connectivity index (χ2v) is 15.9. The standard InChI is InChI=1S/C37H63N5O7/c1-22(2)19-28-36(48)49-29(37(8,9)10)20-24(5)15-13-16-25(6)34(46)42-18-14-17-27(42)32(44)39-31(23(3)4)33(45)38-21-30(43)40(11)26(7)35(47)41(28)12/h20,22-23,25-29,31H,13-19,21H2,1-12H3,(H,38,45)(H,39,44)/b24-20+/t25-,26+,27+,28+,29+,31+/m1/s1. The Kier molecular flexibility index (Phi) is 15.3. The molecule has 0 unspecified atom stereocenters. The van der Waals surface area contributed by atoms with Crippen LogP contribution < -0.4 is 10.6 Å². The van der Waals surface area contributed by atoms with Gasteiger partial charge in [-0.2, -0.15) is 0 Å². The van der Waals surface area contributed by atoms with E-state index in [-0.39, 0.29) is 29.6 Å². The molecule has 1 fully saturated rings. The number of carbonyl (C=O) groups excluding carboxylic acids is 6. The van der Waals surface area contributed by atoms with Crippen LogP contribution in [0.25, 0.3) is 0 Å². The summed E-state index contributed by atoms with van der Waals surface area (Å²) in [5.74, 6) is -2.98. The van der Waals surface area contributed by atoms with Crippen LogP contribution in [0.1, 0.15) is 108 Å². The molecule has 12 nitrogen and oxygen atoms in total. The van der Waals surface area contributed by atoms with E-state index in [2.05, 4.69) is 10.6 Å². The quantitative estimate of drug-likeness (QED) is 0.340. The van der Waals surface area contributed by atoms with Crippen LogP contribution in [0, 0.1) is 23.2 Å². The Balaban J connectivity index is 2.48. The van der Waals surface area contributed by atoms with E-state index in [9.17, 15) is 28.8 Å². The first-order valence-corrected chi connectivity index (χ1v) is 18.0. The molecule has 0 aliphatic carbocycles. The van der Waals surface area contributed by atoms with Gasteiger partial charge in [0.2, 0.25) is 29.5 Å². The maximum Gasteiger partial charge on any atom is 0.329 e. The van der Waals surface area contributed by atoms with Gasteiger partial charge >= 0.3 is 5.97 Å². The molecule has 2 rings (SSSR count). The molecule has 1 saturated heterocycles. The molecule has 0 radical (unpaired) electrons. The van der Waals surface area contributed by atoms with Crippen LogP contribution in [0.2, 0.25) is 0 Å². The van der Waals surface area contributed by atoms with E-state index in [1.807, 2.05) is 54.5 Å². The van der Waals surface area contributed by atoms with Gasteiger partial charge in [-0.3, -0.25) is 24.0 Å². The maximum atomic E-state index is 13.8. The van der Waals surface area contributed by atoms with Crippen LogP contribution in [0.5, 0.6) is 0 Å². The van der Waals surface area contributed by atoms with Crippen LogP contribution in [0.15, 0.2) is 11.6 Å². The van der Waals surface area contributed by atoms with Gasteiger partial charge in [0.05, 0.1) is 6.54 Å². The molecule has 0 aromatic carbocycles. The van der Waals surface area contributed by atoms with Crippen molar-refractivity contribution in [3.05, 3.63) is 11.6 Å². The Bertz CT molecular complexity index is 1240. The number of allylic oxidation sites excluding steroid dienone is 1. The molecule has 0 saturated carbocycles. The Labute approximate surface area is 294 Å². The SMILES string of the molecule is C/C1=C\[C@@H](C(C)(C)C)OC(=O)[C@H](CC(C)C)N(C)C(=O)[C@H](C)N(C)C(=O)CNC(=O)[C@H](C(C)C)NC(=O)[C@@H]2CCCN2C(=O)[C@H](C)CCC1.